The molecule has 0 bridgehead atoms. The van der Waals surface area contributed by atoms with Gasteiger partial charge in [0.15, 0.2) is 11.6 Å². The van der Waals surface area contributed by atoms with Crippen molar-refractivity contribution in [3.8, 4) is 0 Å². The van der Waals surface area contributed by atoms with Gasteiger partial charge < -0.3 is 10.3 Å². The van der Waals surface area contributed by atoms with Crippen LogP contribution in [0.15, 0.2) is 16.9 Å². The maximum atomic E-state index is 12.3. The van der Waals surface area contributed by atoms with Crippen LogP contribution in [0.3, 0.4) is 0 Å². The van der Waals surface area contributed by atoms with Gasteiger partial charge in [-0.15, -0.1) is 0 Å². The van der Waals surface area contributed by atoms with E-state index in [0.717, 1.165) is 5.69 Å². The van der Waals surface area contributed by atoms with Crippen LogP contribution in [0.2, 0.25) is 0 Å². The number of H-pyrrole nitrogens is 2. The average molecular weight is 314 g/mol. The highest BCUT2D eigenvalue weighted by atomic mass is 16.2. The Balaban J connectivity index is 1.95. The zero-order valence-electron chi connectivity index (χ0n) is 13.2. The van der Waals surface area contributed by atoms with Crippen LogP contribution >= 0.6 is 0 Å². The number of amides is 1. The Morgan fingerprint density at radius 3 is 2.65 bits per heavy atom. The lowest BCUT2D eigenvalue weighted by atomic mass is 9.75. The van der Waals surface area contributed by atoms with Gasteiger partial charge in [0.05, 0.1) is 0 Å². The molecule has 7 nitrogen and oxygen atoms in total. The molecule has 0 saturated carbocycles. The van der Waals surface area contributed by atoms with Gasteiger partial charge in [-0.25, -0.2) is 0 Å². The van der Waals surface area contributed by atoms with E-state index in [2.05, 4.69) is 20.5 Å². The van der Waals surface area contributed by atoms with Crippen molar-refractivity contribution in [1.29, 1.82) is 0 Å². The van der Waals surface area contributed by atoms with E-state index in [1.54, 1.807) is 13.0 Å². The lowest BCUT2D eigenvalue weighted by molar-refractivity contribution is 0.0910. The third-order valence-electron chi connectivity index (χ3n) is 3.91. The maximum absolute atomic E-state index is 12.3. The Morgan fingerprint density at radius 1 is 1.26 bits per heavy atom. The molecule has 0 aliphatic heterocycles. The molecule has 1 amide bonds. The number of ketones is 1. The highest BCUT2D eigenvalue weighted by Crippen LogP contribution is 2.33. The van der Waals surface area contributed by atoms with Crippen LogP contribution in [-0.4, -0.2) is 26.9 Å². The van der Waals surface area contributed by atoms with Crippen LogP contribution in [0.5, 0.6) is 0 Å². The minimum atomic E-state index is -0.585. The highest BCUT2D eigenvalue weighted by Gasteiger charge is 2.32. The summed E-state index contributed by atoms with van der Waals surface area (Å²) >= 11 is 0. The van der Waals surface area contributed by atoms with Crippen molar-refractivity contribution in [2.45, 2.75) is 33.6 Å². The van der Waals surface area contributed by atoms with E-state index in [0.29, 0.717) is 29.9 Å². The van der Waals surface area contributed by atoms with Crippen molar-refractivity contribution < 1.29 is 9.59 Å². The molecule has 0 saturated heterocycles. The second-order valence-electron chi connectivity index (χ2n) is 6.74. The lowest BCUT2D eigenvalue weighted by Gasteiger charge is -2.29. The summed E-state index contributed by atoms with van der Waals surface area (Å²) < 4.78 is 0. The van der Waals surface area contributed by atoms with Crippen LogP contribution in [0, 0.1) is 12.3 Å². The Morgan fingerprint density at radius 2 is 2.00 bits per heavy atom. The van der Waals surface area contributed by atoms with Crippen LogP contribution in [0.4, 0.5) is 5.82 Å². The van der Waals surface area contributed by atoms with Crippen LogP contribution in [-0.2, 0) is 6.42 Å². The SMILES string of the molecule is Cc1cc(NC(=O)c2cc3c([nH]c2=O)CC(C)(C)CC3=O)n[nH]1. The van der Waals surface area contributed by atoms with E-state index in [1.165, 1.54) is 6.07 Å². The molecular formula is C16H18N4O3. The van der Waals surface area contributed by atoms with Gasteiger partial charge in [0.2, 0.25) is 0 Å². The first-order valence-electron chi connectivity index (χ1n) is 7.38. The van der Waals surface area contributed by atoms with Crippen molar-refractivity contribution in [3.05, 3.63) is 45.0 Å². The molecule has 0 aromatic carbocycles. The summed E-state index contributed by atoms with van der Waals surface area (Å²) in [5.74, 6) is -0.313. The quantitative estimate of drug-likeness (QED) is 0.785. The van der Waals surface area contributed by atoms with Gasteiger partial charge in [0, 0.05) is 29.4 Å². The summed E-state index contributed by atoms with van der Waals surface area (Å²) in [6.45, 7) is 5.76. The molecule has 0 radical (unpaired) electrons. The zero-order valence-corrected chi connectivity index (χ0v) is 13.2. The normalized spacial score (nSPS) is 16.0. The number of carbonyl (C=O) groups is 2. The second-order valence-corrected chi connectivity index (χ2v) is 6.74. The molecule has 0 unspecified atom stereocenters. The van der Waals surface area contributed by atoms with Crippen LogP contribution in [0.25, 0.3) is 0 Å². The summed E-state index contributed by atoms with van der Waals surface area (Å²) in [7, 11) is 0. The van der Waals surface area contributed by atoms with E-state index < -0.39 is 11.5 Å². The van der Waals surface area contributed by atoms with Crippen molar-refractivity contribution in [2.75, 3.05) is 5.32 Å². The first kappa shape index (κ1) is 15.2. The Bertz CT molecular complexity index is 860. The summed E-state index contributed by atoms with van der Waals surface area (Å²) in [6.07, 6.45) is 0.995. The number of Topliss-reactive ketones (excluding diaryl/α,β-unsaturated/α-hetero) is 1. The smallest absolute Gasteiger partial charge is 0.262 e. The number of hydrogen-bond acceptors (Lipinski definition) is 4. The number of rotatable bonds is 2. The molecule has 23 heavy (non-hydrogen) atoms. The molecule has 120 valence electrons. The monoisotopic (exact) mass is 314 g/mol. The Hall–Kier alpha value is -2.70. The van der Waals surface area contributed by atoms with E-state index in [-0.39, 0.29) is 16.8 Å². The second kappa shape index (κ2) is 5.19. The van der Waals surface area contributed by atoms with Crippen molar-refractivity contribution >= 4 is 17.5 Å². The summed E-state index contributed by atoms with van der Waals surface area (Å²) in [4.78, 5) is 39.4. The molecule has 3 N–H and O–H groups in total. The van der Waals surface area contributed by atoms with Gasteiger partial charge >= 0.3 is 0 Å². The fraction of sp³-hybridized carbons (Fsp3) is 0.375. The van der Waals surface area contributed by atoms with Gasteiger partial charge in [-0.3, -0.25) is 19.5 Å². The zero-order chi connectivity index (χ0) is 16.8. The fourth-order valence-corrected chi connectivity index (χ4v) is 2.86. The van der Waals surface area contributed by atoms with Gasteiger partial charge in [-0.2, -0.15) is 5.10 Å². The molecular weight excluding hydrogens is 296 g/mol. The third-order valence-corrected chi connectivity index (χ3v) is 3.91. The van der Waals surface area contributed by atoms with E-state index >= 15 is 0 Å². The predicted molar refractivity (Wildman–Crippen MR) is 84.8 cm³/mol. The Labute approximate surface area is 132 Å². The Kier molecular flexibility index (Phi) is 3.43. The molecule has 0 atom stereocenters. The number of nitrogens with zero attached hydrogens (tertiary/aromatic N) is 1. The van der Waals surface area contributed by atoms with E-state index in [1.807, 2.05) is 13.8 Å². The molecule has 2 aromatic rings. The van der Waals surface area contributed by atoms with Gasteiger partial charge in [0.1, 0.15) is 5.56 Å². The molecule has 1 aliphatic rings. The van der Waals surface area contributed by atoms with Crippen LogP contribution in [0.1, 0.15) is 52.4 Å². The van der Waals surface area contributed by atoms with Crippen molar-refractivity contribution in [1.82, 2.24) is 15.2 Å². The molecule has 0 spiro atoms. The minimum absolute atomic E-state index is 0.0582. The van der Waals surface area contributed by atoms with Crippen molar-refractivity contribution in [2.24, 2.45) is 5.41 Å². The van der Waals surface area contributed by atoms with Gasteiger partial charge in [-0.1, -0.05) is 13.8 Å². The predicted octanol–water partition coefficient (Wildman–Crippen LogP) is 1.81. The fourth-order valence-electron chi connectivity index (χ4n) is 2.86. The number of aromatic nitrogens is 3. The molecule has 1 aliphatic carbocycles. The van der Waals surface area contributed by atoms with E-state index in [4.69, 9.17) is 0 Å². The number of anilines is 1. The topological polar surface area (TPSA) is 108 Å². The van der Waals surface area contributed by atoms with Crippen LogP contribution < -0.4 is 10.9 Å². The number of fused-ring (bicyclic) bond motifs is 1. The van der Waals surface area contributed by atoms with Crippen molar-refractivity contribution in [3.63, 3.8) is 0 Å². The summed E-state index contributed by atoms with van der Waals surface area (Å²) in [6, 6.07) is 3.04. The maximum Gasteiger partial charge on any atom is 0.262 e. The first-order chi connectivity index (χ1) is 10.7. The molecule has 3 rings (SSSR count). The average Bonchev–Trinajstić information content (AvgIpc) is 2.81. The number of carbonyl (C=O) groups excluding carboxylic acids is 2. The standard InChI is InChI=1S/C16H18N4O3/c1-8-4-13(20-19-8)18-15(23)10-5-9-11(17-14(10)22)6-16(2,3)7-12(9)21/h4-5H,6-7H2,1-3H3,(H,17,22)(H2,18,19,20,23). The number of nitrogens with one attached hydrogen (secondary N) is 3. The minimum Gasteiger partial charge on any atom is -0.325 e. The molecule has 2 heterocycles. The lowest BCUT2D eigenvalue weighted by Crippen LogP contribution is -2.32. The van der Waals surface area contributed by atoms with Gasteiger partial charge in [0.25, 0.3) is 11.5 Å². The van der Waals surface area contributed by atoms with E-state index in [9.17, 15) is 14.4 Å². The largest absolute Gasteiger partial charge is 0.325 e. The number of aromatic amines is 2. The highest BCUT2D eigenvalue weighted by molar-refractivity contribution is 6.06. The number of pyridine rings is 1. The molecule has 2 aromatic heterocycles. The number of aryl methyl sites for hydroxylation is 1. The number of hydrogen-bond donors (Lipinski definition) is 3. The first-order valence-corrected chi connectivity index (χ1v) is 7.38. The molecule has 7 heteroatoms. The third kappa shape index (κ3) is 2.94. The summed E-state index contributed by atoms with van der Waals surface area (Å²) in [5.41, 5.74) is 1.04. The molecule has 0 fully saturated rings. The van der Waals surface area contributed by atoms with Gasteiger partial charge in [-0.05, 0) is 24.8 Å². The summed E-state index contributed by atoms with van der Waals surface area (Å²) in [5, 5.41) is 9.14.